The molecule has 0 bridgehead atoms. The molecule has 0 radical (unpaired) electrons. The van der Waals surface area contributed by atoms with Crippen LogP contribution in [0.25, 0.3) is 0 Å². The fourth-order valence-electron chi connectivity index (χ4n) is 2.89. The predicted octanol–water partition coefficient (Wildman–Crippen LogP) is 5.15. The summed E-state index contributed by atoms with van der Waals surface area (Å²) in [6.45, 7) is 9.01. The SMILES string of the molecule is Cc1ccccc1N(c1ccc(N)cc1)C(C)CC(C)C. The zero-order chi connectivity index (χ0) is 15.4. The molecule has 0 aromatic heterocycles. The molecule has 21 heavy (non-hydrogen) atoms. The van der Waals surface area contributed by atoms with Crippen molar-refractivity contribution in [1.82, 2.24) is 0 Å². The van der Waals surface area contributed by atoms with Crippen molar-refractivity contribution in [2.45, 2.75) is 40.2 Å². The molecular weight excluding hydrogens is 256 g/mol. The van der Waals surface area contributed by atoms with Crippen LogP contribution in [0.2, 0.25) is 0 Å². The summed E-state index contributed by atoms with van der Waals surface area (Å²) in [4.78, 5) is 2.43. The second-order valence-corrected chi connectivity index (χ2v) is 6.23. The fourth-order valence-corrected chi connectivity index (χ4v) is 2.89. The van der Waals surface area contributed by atoms with Crippen molar-refractivity contribution >= 4 is 17.1 Å². The van der Waals surface area contributed by atoms with E-state index in [9.17, 15) is 0 Å². The van der Waals surface area contributed by atoms with Crippen molar-refractivity contribution in [2.24, 2.45) is 5.92 Å². The molecule has 0 aliphatic heterocycles. The van der Waals surface area contributed by atoms with Gasteiger partial charge in [0.05, 0.1) is 0 Å². The molecule has 2 rings (SSSR count). The number of nitrogen functional groups attached to an aromatic ring is 1. The maximum Gasteiger partial charge on any atom is 0.0442 e. The summed E-state index contributed by atoms with van der Waals surface area (Å²) in [7, 11) is 0. The first kappa shape index (κ1) is 15.4. The van der Waals surface area contributed by atoms with Crippen LogP contribution < -0.4 is 10.6 Å². The van der Waals surface area contributed by atoms with Crippen LogP contribution in [0.5, 0.6) is 0 Å². The van der Waals surface area contributed by atoms with E-state index >= 15 is 0 Å². The molecule has 0 spiro atoms. The van der Waals surface area contributed by atoms with Gasteiger partial charge in [-0.1, -0.05) is 32.0 Å². The zero-order valence-electron chi connectivity index (χ0n) is 13.5. The van der Waals surface area contributed by atoms with Gasteiger partial charge in [0.15, 0.2) is 0 Å². The topological polar surface area (TPSA) is 29.3 Å². The minimum Gasteiger partial charge on any atom is -0.399 e. The Hall–Kier alpha value is -1.96. The lowest BCUT2D eigenvalue weighted by Crippen LogP contribution is -2.30. The van der Waals surface area contributed by atoms with Crippen LogP contribution in [0, 0.1) is 12.8 Å². The van der Waals surface area contributed by atoms with Crippen molar-refractivity contribution in [3.8, 4) is 0 Å². The highest BCUT2D eigenvalue weighted by Gasteiger charge is 2.19. The number of hydrogen-bond acceptors (Lipinski definition) is 2. The molecule has 112 valence electrons. The minimum absolute atomic E-state index is 0.440. The van der Waals surface area contributed by atoms with Gasteiger partial charge < -0.3 is 10.6 Å². The Morgan fingerprint density at radius 2 is 1.57 bits per heavy atom. The molecule has 0 fully saturated rings. The first-order chi connectivity index (χ1) is 9.99. The standard InChI is InChI=1S/C19H26N2/c1-14(2)13-16(4)21(18-11-9-17(20)10-12-18)19-8-6-5-7-15(19)3/h5-12,14,16H,13,20H2,1-4H3. The van der Waals surface area contributed by atoms with Gasteiger partial charge in [0, 0.05) is 23.1 Å². The summed E-state index contributed by atoms with van der Waals surface area (Å²) in [5.74, 6) is 0.667. The molecule has 1 unspecified atom stereocenters. The zero-order valence-corrected chi connectivity index (χ0v) is 13.5. The summed E-state index contributed by atoms with van der Waals surface area (Å²) >= 11 is 0. The average molecular weight is 282 g/mol. The van der Waals surface area contributed by atoms with Crippen LogP contribution in [0.4, 0.5) is 17.1 Å². The van der Waals surface area contributed by atoms with Gasteiger partial charge in [-0.2, -0.15) is 0 Å². The summed E-state index contributed by atoms with van der Waals surface area (Å²) in [5.41, 5.74) is 10.4. The molecule has 2 heteroatoms. The number of benzene rings is 2. The highest BCUT2D eigenvalue weighted by Crippen LogP contribution is 2.32. The molecule has 2 aromatic rings. The van der Waals surface area contributed by atoms with Crippen LogP contribution in [-0.2, 0) is 0 Å². The molecule has 0 aliphatic carbocycles. The highest BCUT2D eigenvalue weighted by molar-refractivity contribution is 5.68. The van der Waals surface area contributed by atoms with Crippen molar-refractivity contribution in [2.75, 3.05) is 10.6 Å². The number of nitrogens with two attached hydrogens (primary N) is 1. The third kappa shape index (κ3) is 3.78. The Bertz CT molecular complexity index is 572. The number of hydrogen-bond donors (Lipinski definition) is 1. The fraction of sp³-hybridized carbons (Fsp3) is 0.368. The van der Waals surface area contributed by atoms with Gasteiger partial charge in [-0.15, -0.1) is 0 Å². The Morgan fingerprint density at radius 1 is 0.952 bits per heavy atom. The maximum atomic E-state index is 5.83. The Morgan fingerprint density at radius 3 is 2.14 bits per heavy atom. The van der Waals surface area contributed by atoms with Crippen molar-refractivity contribution in [3.63, 3.8) is 0 Å². The van der Waals surface area contributed by atoms with E-state index in [4.69, 9.17) is 5.73 Å². The van der Waals surface area contributed by atoms with E-state index in [0.717, 1.165) is 12.1 Å². The molecule has 0 saturated carbocycles. The van der Waals surface area contributed by atoms with Crippen LogP contribution >= 0.6 is 0 Å². The lowest BCUT2D eigenvalue weighted by molar-refractivity contribution is 0.513. The first-order valence-corrected chi connectivity index (χ1v) is 7.69. The number of aryl methyl sites for hydroxylation is 1. The van der Waals surface area contributed by atoms with E-state index in [1.165, 1.54) is 16.9 Å². The molecule has 2 aromatic carbocycles. The van der Waals surface area contributed by atoms with E-state index in [1.54, 1.807) is 0 Å². The van der Waals surface area contributed by atoms with Gasteiger partial charge in [0.25, 0.3) is 0 Å². The quantitative estimate of drug-likeness (QED) is 0.768. The normalized spacial score (nSPS) is 12.4. The monoisotopic (exact) mass is 282 g/mol. The minimum atomic E-state index is 0.440. The summed E-state index contributed by atoms with van der Waals surface area (Å²) in [6.07, 6.45) is 1.15. The summed E-state index contributed by atoms with van der Waals surface area (Å²) in [5, 5.41) is 0. The van der Waals surface area contributed by atoms with Gasteiger partial charge in [-0.3, -0.25) is 0 Å². The molecule has 2 nitrogen and oxygen atoms in total. The third-order valence-electron chi connectivity index (χ3n) is 3.80. The van der Waals surface area contributed by atoms with Gasteiger partial charge in [0.2, 0.25) is 0 Å². The maximum absolute atomic E-state index is 5.83. The third-order valence-corrected chi connectivity index (χ3v) is 3.80. The lowest BCUT2D eigenvalue weighted by Gasteiger charge is -2.34. The largest absolute Gasteiger partial charge is 0.399 e. The summed E-state index contributed by atoms with van der Waals surface area (Å²) in [6, 6.07) is 17.2. The molecule has 0 amide bonds. The number of para-hydroxylation sites is 1. The van der Waals surface area contributed by atoms with E-state index in [-0.39, 0.29) is 0 Å². The second-order valence-electron chi connectivity index (χ2n) is 6.23. The van der Waals surface area contributed by atoms with Gasteiger partial charge in [-0.05, 0) is 62.1 Å². The molecule has 2 N–H and O–H groups in total. The Labute approximate surface area is 128 Å². The van der Waals surface area contributed by atoms with Gasteiger partial charge in [0.1, 0.15) is 0 Å². The van der Waals surface area contributed by atoms with Crippen LogP contribution in [0.1, 0.15) is 32.8 Å². The first-order valence-electron chi connectivity index (χ1n) is 7.69. The predicted molar refractivity (Wildman–Crippen MR) is 93.1 cm³/mol. The van der Waals surface area contributed by atoms with Crippen LogP contribution in [0.15, 0.2) is 48.5 Å². The van der Waals surface area contributed by atoms with Crippen molar-refractivity contribution in [3.05, 3.63) is 54.1 Å². The summed E-state index contributed by atoms with van der Waals surface area (Å²) < 4.78 is 0. The molecule has 0 heterocycles. The highest BCUT2D eigenvalue weighted by atomic mass is 15.2. The van der Waals surface area contributed by atoms with E-state index < -0.39 is 0 Å². The molecule has 0 aliphatic rings. The average Bonchev–Trinajstić information content (AvgIpc) is 2.42. The van der Waals surface area contributed by atoms with Gasteiger partial charge >= 0.3 is 0 Å². The van der Waals surface area contributed by atoms with Crippen molar-refractivity contribution in [1.29, 1.82) is 0 Å². The number of nitrogens with zero attached hydrogens (tertiary/aromatic N) is 1. The lowest BCUT2D eigenvalue weighted by atomic mass is 10.0. The van der Waals surface area contributed by atoms with E-state index in [1.807, 2.05) is 12.1 Å². The van der Waals surface area contributed by atoms with E-state index in [2.05, 4.69) is 69.0 Å². The number of rotatable bonds is 5. The Balaban J connectivity index is 2.44. The van der Waals surface area contributed by atoms with Gasteiger partial charge in [-0.25, -0.2) is 0 Å². The molecular formula is C19H26N2. The second kappa shape index (κ2) is 6.66. The molecule has 0 saturated heterocycles. The smallest absolute Gasteiger partial charge is 0.0442 e. The van der Waals surface area contributed by atoms with Crippen LogP contribution in [-0.4, -0.2) is 6.04 Å². The van der Waals surface area contributed by atoms with E-state index in [0.29, 0.717) is 12.0 Å². The Kier molecular flexibility index (Phi) is 4.89. The number of anilines is 3. The molecule has 1 atom stereocenters. The van der Waals surface area contributed by atoms with Crippen molar-refractivity contribution < 1.29 is 0 Å². The van der Waals surface area contributed by atoms with Crippen LogP contribution in [0.3, 0.4) is 0 Å².